The van der Waals surface area contributed by atoms with Gasteiger partial charge in [0.15, 0.2) is 0 Å². The molecule has 70 valence electrons. The van der Waals surface area contributed by atoms with E-state index in [0.29, 0.717) is 17.8 Å². The molecule has 0 saturated heterocycles. The van der Waals surface area contributed by atoms with Crippen LogP contribution in [0.1, 0.15) is 27.7 Å². The van der Waals surface area contributed by atoms with Gasteiger partial charge in [-0.15, -0.1) is 0 Å². The molecule has 0 amide bonds. The van der Waals surface area contributed by atoms with Crippen LogP contribution in [-0.4, -0.2) is 13.1 Å². The van der Waals surface area contributed by atoms with E-state index in [0.717, 1.165) is 0 Å². The van der Waals surface area contributed by atoms with Crippen LogP contribution in [0.3, 0.4) is 0 Å². The first-order valence-electron chi connectivity index (χ1n) is 4.61. The van der Waals surface area contributed by atoms with Gasteiger partial charge in [-0.05, 0) is 24.8 Å². The smallest absolute Gasteiger partial charge is 0.0983 e. The van der Waals surface area contributed by atoms with Crippen LogP contribution in [0.2, 0.25) is 0 Å². The van der Waals surface area contributed by atoms with Gasteiger partial charge in [0, 0.05) is 0 Å². The van der Waals surface area contributed by atoms with E-state index < -0.39 is 0 Å². The summed E-state index contributed by atoms with van der Waals surface area (Å²) in [4.78, 5) is 0. The molecule has 0 aliphatic carbocycles. The Morgan fingerprint density at radius 2 is 1.50 bits per heavy atom. The third kappa shape index (κ3) is 2.83. The summed E-state index contributed by atoms with van der Waals surface area (Å²) in [5.41, 5.74) is 0. The van der Waals surface area contributed by atoms with Gasteiger partial charge in [0.1, 0.15) is 0 Å². The lowest BCUT2D eigenvalue weighted by Gasteiger charge is -2.28. The molecule has 0 fully saturated rings. The third-order valence-corrected chi connectivity index (χ3v) is 2.37. The van der Waals surface area contributed by atoms with Crippen LogP contribution >= 0.6 is 0 Å². The van der Waals surface area contributed by atoms with E-state index in [1.807, 2.05) is 7.05 Å². The fraction of sp³-hybridized carbons (Fsp3) is 0.900. The van der Waals surface area contributed by atoms with Gasteiger partial charge in [0.25, 0.3) is 0 Å². The molecule has 0 aromatic heterocycles. The third-order valence-electron chi connectivity index (χ3n) is 2.37. The first kappa shape index (κ1) is 11.4. The van der Waals surface area contributed by atoms with Gasteiger partial charge in [0.2, 0.25) is 0 Å². The minimum atomic E-state index is -0.00926. The van der Waals surface area contributed by atoms with Crippen LogP contribution in [0.25, 0.3) is 0 Å². The van der Waals surface area contributed by atoms with E-state index in [2.05, 4.69) is 39.1 Å². The molecule has 0 aliphatic heterocycles. The van der Waals surface area contributed by atoms with Crippen molar-refractivity contribution in [1.29, 1.82) is 5.26 Å². The molecular weight excluding hydrogens is 148 g/mol. The SMILES string of the molecule is CNC(C#N)C(C(C)C)C(C)C. The zero-order valence-electron chi connectivity index (χ0n) is 8.76. The Morgan fingerprint density at radius 1 is 1.08 bits per heavy atom. The molecular formula is C10H20N2. The largest absolute Gasteiger partial charge is 0.305 e. The van der Waals surface area contributed by atoms with E-state index in [4.69, 9.17) is 5.26 Å². The molecule has 0 spiro atoms. The minimum absolute atomic E-state index is 0.00926. The molecule has 1 atom stereocenters. The summed E-state index contributed by atoms with van der Waals surface area (Å²) in [6.07, 6.45) is 0. The highest BCUT2D eigenvalue weighted by Gasteiger charge is 2.25. The molecule has 1 unspecified atom stereocenters. The Morgan fingerprint density at radius 3 is 1.58 bits per heavy atom. The highest BCUT2D eigenvalue weighted by Crippen LogP contribution is 2.23. The summed E-state index contributed by atoms with van der Waals surface area (Å²) in [7, 11) is 1.85. The fourth-order valence-corrected chi connectivity index (χ4v) is 1.88. The van der Waals surface area contributed by atoms with E-state index >= 15 is 0 Å². The zero-order chi connectivity index (χ0) is 9.72. The minimum Gasteiger partial charge on any atom is -0.305 e. The number of nitriles is 1. The topological polar surface area (TPSA) is 35.8 Å². The second-order valence-electron chi connectivity index (χ2n) is 3.96. The van der Waals surface area contributed by atoms with Crippen LogP contribution in [-0.2, 0) is 0 Å². The van der Waals surface area contributed by atoms with Crippen molar-refractivity contribution in [2.45, 2.75) is 33.7 Å². The van der Waals surface area contributed by atoms with Crippen LogP contribution in [0.15, 0.2) is 0 Å². The molecule has 0 heterocycles. The van der Waals surface area contributed by atoms with Gasteiger partial charge in [-0.25, -0.2) is 0 Å². The van der Waals surface area contributed by atoms with E-state index in [9.17, 15) is 0 Å². The van der Waals surface area contributed by atoms with Crippen molar-refractivity contribution in [2.24, 2.45) is 17.8 Å². The average Bonchev–Trinajstić information content (AvgIpc) is 1.98. The van der Waals surface area contributed by atoms with Gasteiger partial charge >= 0.3 is 0 Å². The summed E-state index contributed by atoms with van der Waals surface area (Å²) in [5, 5.41) is 11.9. The maximum Gasteiger partial charge on any atom is 0.0983 e. The van der Waals surface area contributed by atoms with Crippen molar-refractivity contribution < 1.29 is 0 Å². The molecule has 0 aliphatic rings. The maximum atomic E-state index is 8.88. The van der Waals surface area contributed by atoms with Crippen molar-refractivity contribution in [3.63, 3.8) is 0 Å². The van der Waals surface area contributed by atoms with Crippen molar-refractivity contribution in [2.75, 3.05) is 7.05 Å². The van der Waals surface area contributed by atoms with Crippen LogP contribution in [0, 0.1) is 29.1 Å². The zero-order valence-corrected chi connectivity index (χ0v) is 8.76. The molecule has 0 aromatic rings. The van der Waals surface area contributed by atoms with Crippen molar-refractivity contribution in [3.05, 3.63) is 0 Å². The second-order valence-corrected chi connectivity index (χ2v) is 3.96. The molecule has 0 rings (SSSR count). The predicted octanol–water partition coefficient (Wildman–Crippen LogP) is 2.03. The Kier molecular flexibility index (Phi) is 4.92. The molecule has 0 saturated carbocycles. The highest BCUT2D eigenvalue weighted by molar-refractivity contribution is 4.96. The van der Waals surface area contributed by atoms with E-state index in [-0.39, 0.29) is 6.04 Å². The normalized spacial score (nSPS) is 13.9. The van der Waals surface area contributed by atoms with Gasteiger partial charge in [-0.1, -0.05) is 27.7 Å². The Hall–Kier alpha value is -0.550. The molecule has 0 radical (unpaired) electrons. The lowest BCUT2D eigenvalue weighted by molar-refractivity contribution is 0.247. The summed E-state index contributed by atoms with van der Waals surface area (Å²) in [6.45, 7) is 8.69. The monoisotopic (exact) mass is 168 g/mol. The van der Waals surface area contributed by atoms with Gasteiger partial charge in [-0.2, -0.15) is 5.26 Å². The lowest BCUT2D eigenvalue weighted by atomic mass is 9.80. The van der Waals surface area contributed by atoms with Crippen LogP contribution in [0.5, 0.6) is 0 Å². The fourth-order valence-electron chi connectivity index (χ4n) is 1.88. The molecule has 0 bridgehead atoms. The van der Waals surface area contributed by atoms with Crippen molar-refractivity contribution >= 4 is 0 Å². The summed E-state index contributed by atoms with van der Waals surface area (Å²) in [5.74, 6) is 1.56. The Bertz CT molecular complexity index is 148. The van der Waals surface area contributed by atoms with E-state index in [1.54, 1.807) is 0 Å². The number of nitrogens with one attached hydrogen (secondary N) is 1. The first-order valence-corrected chi connectivity index (χ1v) is 4.61. The Balaban J connectivity index is 4.39. The average molecular weight is 168 g/mol. The van der Waals surface area contributed by atoms with Crippen LogP contribution < -0.4 is 5.32 Å². The van der Waals surface area contributed by atoms with Gasteiger partial charge in [-0.3, -0.25) is 0 Å². The quantitative estimate of drug-likeness (QED) is 0.697. The van der Waals surface area contributed by atoms with Gasteiger partial charge < -0.3 is 5.32 Å². The summed E-state index contributed by atoms with van der Waals surface area (Å²) in [6, 6.07) is 2.29. The standard InChI is InChI=1S/C10H20N2/c1-7(2)10(8(3)4)9(6-11)12-5/h7-10,12H,1-5H3. The second kappa shape index (κ2) is 5.16. The van der Waals surface area contributed by atoms with Crippen molar-refractivity contribution in [3.8, 4) is 6.07 Å². The highest BCUT2D eigenvalue weighted by atomic mass is 14.9. The lowest BCUT2D eigenvalue weighted by Crippen LogP contribution is -2.38. The predicted molar refractivity (Wildman–Crippen MR) is 51.6 cm³/mol. The first-order chi connectivity index (χ1) is 5.54. The molecule has 0 aromatic carbocycles. The van der Waals surface area contributed by atoms with Gasteiger partial charge in [0.05, 0.1) is 12.1 Å². The maximum absolute atomic E-state index is 8.88. The van der Waals surface area contributed by atoms with Crippen LogP contribution in [0.4, 0.5) is 0 Å². The number of rotatable bonds is 4. The molecule has 12 heavy (non-hydrogen) atoms. The summed E-state index contributed by atoms with van der Waals surface area (Å²) >= 11 is 0. The summed E-state index contributed by atoms with van der Waals surface area (Å²) < 4.78 is 0. The molecule has 2 heteroatoms. The van der Waals surface area contributed by atoms with Crippen molar-refractivity contribution in [1.82, 2.24) is 5.32 Å². The molecule has 2 nitrogen and oxygen atoms in total. The number of hydrogen-bond donors (Lipinski definition) is 1. The van der Waals surface area contributed by atoms with E-state index in [1.165, 1.54) is 0 Å². The Labute approximate surface area is 76.0 Å². The number of hydrogen-bond acceptors (Lipinski definition) is 2. The number of nitrogens with zero attached hydrogens (tertiary/aromatic N) is 1. The molecule has 1 N–H and O–H groups in total.